The Balaban J connectivity index is 1.92. The Morgan fingerprint density at radius 2 is 2.06 bits per heavy atom. The molecule has 0 radical (unpaired) electrons. The van der Waals surface area contributed by atoms with Gasteiger partial charge in [-0.1, -0.05) is 0 Å². The summed E-state index contributed by atoms with van der Waals surface area (Å²) in [6, 6.07) is 0. The third-order valence-corrected chi connectivity index (χ3v) is 3.34. The van der Waals surface area contributed by atoms with Gasteiger partial charge >= 0.3 is 6.18 Å². The molecule has 2 N–H and O–H groups in total. The molecule has 0 amide bonds. The highest BCUT2D eigenvalue weighted by Gasteiger charge is 2.36. The van der Waals surface area contributed by atoms with E-state index in [0.717, 1.165) is 0 Å². The number of hydrogen-bond acceptors (Lipinski definition) is 6. The molecule has 2 rings (SSSR count). The van der Waals surface area contributed by atoms with Crippen LogP contribution < -0.4 is 5.32 Å². The van der Waals surface area contributed by atoms with E-state index in [4.69, 9.17) is 4.74 Å². The molecule has 0 spiro atoms. The molecule has 5 nitrogen and oxygen atoms in total. The maximum absolute atomic E-state index is 12.3. The largest absolute Gasteiger partial charge is 0.452 e. The van der Waals surface area contributed by atoms with Crippen LogP contribution in [0.4, 0.5) is 18.3 Å². The molecule has 1 saturated heterocycles. The Hall–Kier alpha value is -0.930. The normalized spacial score (nSPS) is 19.8. The van der Waals surface area contributed by atoms with Crippen LogP contribution in [0.1, 0.15) is 18.7 Å². The zero-order valence-corrected chi connectivity index (χ0v) is 10.1. The van der Waals surface area contributed by atoms with Crippen molar-refractivity contribution in [2.24, 2.45) is 0 Å². The average molecular weight is 283 g/mol. The van der Waals surface area contributed by atoms with E-state index in [1.54, 1.807) is 0 Å². The van der Waals surface area contributed by atoms with Crippen molar-refractivity contribution in [3.05, 3.63) is 5.82 Å². The first-order valence-electron chi connectivity index (χ1n) is 5.34. The molecule has 1 fully saturated rings. The van der Waals surface area contributed by atoms with Gasteiger partial charge in [-0.3, -0.25) is 0 Å². The third kappa shape index (κ3) is 3.30. The summed E-state index contributed by atoms with van der Waals surface area (Å²) in [5.41, 5.74) is -0.956. The lowest BCUT2D eigenvalue weighted by Gasteiger charge is -2.31. The summed E-state index contributed by atoms with van der Waals surface area (Å²) in [6.45, 7) is 1.03. The highest BCUT2D eigenvalue weighted by atomic mass is 32.1. The number of nitrogens with zero attached hydrogens (tertiary/aromatic N) is 2. The molecule has 1 aromatic heterocycles. The van der Waals surface area contributed by atoms with Gasteiger partial charge in [-0.15, -0.1) is 0 Å². The SMILES string of the molecule is OC1(CNc2nc(C(F)(F)F)ns2)CCOCC1. The summed E-state index contributed by atoms with van der Waals surface area (Å²) in [5, 5.41) is 12.8. The van der Waals surface area contributed by atoms with E-state index in [2.05, 4.69) is 14.7 Å². The number of hydrogen-bond donors (Lipinski definition) is 2. The lowest BCUT2D eigenvalue weighted by molar-refractivity contribution is -0.144. The minimum atomic E-state index is -4.54. The molecule has 102 valence electrons. The molecular weight excluding hydrogens is 271 g/mol. The van der Waals surface area contributed by atoms with Crippen LogP contribution in [0.25, 0.3) is 0 Å². The smallest absolute Gasteiger partial charge is 0.388 e. The third-order valence-electron chi connectivity index (χ3n) is 2.67. The molecule has 0 aliphatic carbocycles. The van der Waals surface area contributed by atoms with E-state index in [1.807, 2.05) is 0 Å². The number of anilines is 1. The molecule has 1 aromatic rings. The molecule has 0 saturated carbocycles. The fourth-order valence-corrected chi connectivity index (χ4v) is 2.16. The summed E-state index contributed by atoms with van der Waals surface area (Å²) in [5.74, 6) is -1.16. The number of nitrogens with one attached hydrogen (secondary N) is 1. The minimum Gasteiger partial charge on any atom is -0.388 e. The monoisotopic (exact) mass is 283 g/mol. The number of alkyl halides is 3. The van der Waals surface area contributed by atoms with Gasteiger partial charge in [-0.2, -0.15) is 22.5 Å². The second kappa shape index (κ2) is 4.98. The van der Waals surface area contributed by atoms with Crippen molar-refractivity contribution >= 4 is 16.7 Å². The Morgan fingerprint density at radius 3 is 2.61 bits per heavy atom. The molecular formula is C9H12F3N3O2S. The van der Waals surface area contributed by atoms with E-state index in [1.165, 1.54) is 0 Å². The van der Waals surface area contributed by atoms with Crippen LogP contribution in [-0.2, 0) is 10.9 Å². The Morgan fingerprint density at radius 1 is 1.39 bits per heavy atom. The molecule has 2 heterocycles. The van der Waals surface area contributed by atoms with Gasteiger partial charge in [0.25, 0.3) is 0 Å². The fraction of sp³-hybridized carbons (Fsp3) is 0.778. The van der Waals surface area contributed by atoms with Crippen molar-refractivity contribution in [3.63, 3.8) is 0 Å². The summed E-state index contributed by atoms with van der Waals surface area (Å²) in [7, 11) is 0. The van der Waals surface area contributed by atoms with Gasteiger partial charge in [-0.05, 0) is 0 Å². The van der Waals surface area contributed by atoms with Crippen LogP contribution in [0, 0.1) is 0 Å². The van der Waals surface area contributed by atoms with E-state index in [9.17, 15) is 18.3 Å². The second-order valence-corrected chi connectivity index (χ2v) is 4.86. The van der Waals surface area contributed by atoms with Gasteiger partial charge in [0.2, 0.25) is 11.0 Å². The Kier molecular flexibility index (Phi) is 3.74. The molecule has 0 unspecified atom stereocenters. The second-order valence-electron chi connectivity index (χ2n) is 4.11. The maximum atomic E-state index is 12.3. The molecule has 18 heavy (non-hydrogen) atoms. The number of halogens is 3. The van der Waals surface area contributed by atoms with Crippen LogP contribution in [0.2, 0.25) is 0 Å². The highest BCUT2D eigenvalue weighted by Crippen LogP contribution is 2.29. The van der Waals surface area contributed by atoms with Crippen LogP contribution in [0.5, 0.6) is 0 Å². The fourth-order valence-electron chi connectivity index (χ4n) is 1.58. The molecule has 0 aromatic carbocycles. The van der Waals surface area contributed by atoms with Crippen LogP contribution in [-0.4, -0.2) is 39.8 Å². The zero-order chi connectivity index (χ0) is 13.2. The van der Waals surface area contributed by atoms with Crippen molar-refractivity contribution < 1.29 is 23.0 Å². The quantitative estimate of drug-likeness (QED) is 0.880. The summed E-state index contributed by atoms with van der Waals surface area (Å²) in [6.07, 6.45) is -3.64. The Labute approximate surface area is 105 Å². The summed E-state index contributed by atoms with van der Waals surface area (Å²) < 4.78 is 45.1. The summed E-state index contributed by atoms with van der Waals surface area (Å²) >= 11 is 0.629. The molecule has 9 heteroatoms. The number of aromatic nitrogens is 2. The van der Waals surface area contributed by atoms with Crippen molar-refractivity contribution in [1.29, 1.82) is 0 Å². The molecule has 1 aliphatic heterocycles. The van der Waals surface area contributed by atoms with Gasteiger partial charge < -0.3 is 15.2 Å². The first kappa shape index (κ1) is 13.5. The van der Waals surface area contributed by atoms with Gasteiger partial charge in [0.05, 0.1) is 5.60 Å². The van der Waals surface area contributed by atoms with Gasteiger partial charge in [-0.25, -0.2) is 0 Å². The Bertz CT molecular complexity index is 404. The van der Waals surface area contributed by atoms with Crippen LogP contribution >= 0.6 is 11.5 Å². The maximum Gasteiger partial charge on any atom is 0.452 e. The van der Waals surface area contributed by atoms with Crippen LogP contribution in [0.15, 0.2) is 0 Å². The van der Waals surface area contributed by atoms with E-state index < -0.39 is 17.6 Å². The van der Waals surface area contributed by atoms with E-state index in [0.29, 0.717) is 37.6 Å². The van der Waals surface area contributed by atoms with Crippen LogP contribution in [0.3, 0.4) is 0 Å². The van der Waals surface area contributed by atoms with Crippen molar-refractivity contribution in [3.8, 4) is 0 Å². The van der Waals surface area contributed by atoms with E-state index >= 15 is 0 Å². The first-order valence-corrected chi connectivity index (χ1v) is 6.11. The molecule has 0 bridgehead atoms. The van der Waals surface area contributed by atoms with Crippen molar-refractivity contribution in [1.82, 2.24) is 9.36 Å². The molecule has 0 atom stereocenters. The van der Waals surface area contributed by atoms with Crippen molar-refractivity contribution in [2.45, 2.75) is 24.6 Å². The van der Waals surface area contributed by atoms with Gasteiger partial charge in [0.15, 0.2) is 0 Å². The number of ether oxygens (including phenoxy) is 1. The number of aliphatic hydroxyl groups is 1. The zero-order valence-electron chi connectivity index (χ0n) is 9.33. The topological polar surface area (TPSA) is 67.3 Å². The van der Waals surface area contributed by atoms with Crippen molar-refractivity contribution in [2.75, 3.05) is 25.1 Å². The summed E-state index contributed by atoms with van der Waals surface area (Å²) in [4.78, 5) is 3.33. The van der Waals surface area contributed by atoms with Gasteiger partial charge in [0.1, 0.15) is 0 Å². The van der Waals surface area contributed by atoms with Gasteiger partial charge in [0, 0.05) is 44.1 Å². The predicted molar refractivity (Wildman–Crippen MR) is 58.4 cm³/mol. The first-order chi connectivity index (χ1) is 8.39. The number of rotatable bonds is 3. The lowest BCUT2D eigenvalue weighted by Crippen LogP contribution is -2.42. The minimum absolute atomic E-state index is 0.0576. The average Bonchev–Trinajstić information content (AvgIpc) is 2.76. The van der Waals surface area contributed by atoms with E-state index in [-0.39, 0.29) is 11.7 Å². The standard InChI is InChI=1S/C9H12F3N3O2S/c10-9(11,12)6-14-7(18-15-6)13-5-8(16)1-3-17-4-2-8/h16H,1-5H2,(H,13,14,15). The lowest BCUT2D eigenvalue weighted by atomic mass is 9.95. The molecule has 1 aliphatic rings. The predicted octanol–water partition coefficient (Wildman–Crippen LogP) is 1.51. The highest BCUT2D eigenvalue weighted by molar-refractivity contribution is 7.09.